The van der Waals surface area contributed by atoms with Crippen LogP contribution in [0, 0.1) is 0 Å². The van der Waals surface area contributed by atoms with Gasteiger partial charge >= 0.3 is 0 Å². The predicted octanol–water partition coefficient (Wildman–Crippen LogP) is 5.67. The van der Waals surface area contributed by atoms with Gasteiger partial charge in [-0.1, -0.05) is 72.3 Å². The summed E-state index contributed by atoms with van der Waals surface area (Å²) in [6, 6.07) is 25.7. The maximum Gasteiger partial charge on any atom is 0.251 e. The summed E-state index contributed by atoms with van der Waals surface area (Å²) in [5, 5.41) is 3.76. The quantitative estimate of drug-likeness (QED) is 0.534. The Balaban J connectivity index is 1.44. The fourth-order valence-corrected chi connectivity index (χ4v) is 3.73. The summed E-state index contributed by atoms with van der Waals surface area (Å²) in [5.41, 5.74) is 4.07. The Morgan fingerprint density at radius 1 is 0.846 bits per heavy atom. The number of hydrogen-bond acceptors (Lipinski definition) is 2. The molecule has 0 aromatic heterocycles. The molecule has 132 valence electrons. The van der Waals surface area contributed by atoms with Gasteiger partial charge in [0.25, 0.3) is 5.91 Å². The van der Waals surface area contributed by atoms with Crippen molar-refractivity contribution in [2.75, 3.05) is 12.3 Å². The van der Waals surface area contributed by atoms with Crippen LogP contribution in [-0.4, -0.2) is 18.2 Å². The number of halogens is 1. The van der Waals surface area contributed by atoms with Gasteiger partial charge in [-0.2, -0.15) is 11.8 Å². The molecule has 0 aliphatic carbocycles. The third kappa shape index (κ3) is 5.13. The second kappa shape index (κ2) is 9.46. The van der Waals surface area contributed by atoms with Crippen LogP contribution in [0.2, 0.25) is 5.02 Å². The molecule has 3 aromatic carbocycles. The Morgan fingerprint density at radius 2 is 1.50 bits per heavy atom. The van der Waals surface area contributed by atoms with E-state index in [1.165, 1.54) is 0 Å². The van der Waals surface area contributed by atoms with Crippen molar-refractivity contribution in [2.24, 2.45) is 0 Å². The van der Waals surface area contributed by atoms with Crippen LogP contribution in [0.25, 0.3) is 11.1 Å². The summed E-state index contributed by atoms with van der Waals surface area (Å²) < 4.78 is 0. The SMILES string of the molecule is O=C(NCCSCc1ccccc1Cl)c1ccc(-c2ccccc2)cc1. The van der Waals surface area contributed by atoms with Crippen molar-refractivity contribution in [3.05, 3.63) is 95.0 Å². The molecule has 0 spiro atoms. The number of amides is 1. The van der Waals surface area contributed by atoms with E-state index in [1.54, 1.807) is 11.8 Å². The van der Waals surface area contributed by atoms with E-state index in [9.17, 15) is 4.79 Å². The summed E-state index contributed by atoms with van der Waals surface area (Å²) in [7, 11) is 0. The number of benzene rings is 3. The Morgan fingerprint density at radius 3 is 2.23 bits per heavy atom. The van der Waals surface area contributed by atoms with Gasteiger partial charge in [0.05, 0.1) is 0 Å². The first-order valence-corrected chi connectivity index (χ1v) is 10.0. The number of thioether (sulfide) groups is 1. The molecule has 0 bridgehead atoms. The molecule has 0 unspecified atom stereocenters. The zero-order valence-electron chi connectivity index (χ0n) is 14.3. The molecule has 0 saturated heterocycles. The summed E-state index contributed by atoms with van der Waals surface area (Å²) in [6.07, 6.45) is 0. The largest absolute Gasteiger partial charge is 0.351 e. The third-order valence-corrected chi connectivity index (χ3v) is 5.38. The molecule has 0 aliphatic rings. The molecule has 4 heteroatoms. The monoisotopic (exact) mass is 381 g/mol. The van der Waals surface area contributed by atoms with E-state index < -0.39 is 0 Å². The number of nitrogens with one attached hydrogen (secondary N) is 1. The molecular weight excluding hydrogens is 362 g/mol. The summed E-state index contributed by atoms with van der Waals surface area (Å²) in [4.78, 5) is 12.2. The van der Waals surface area contributed by atoms with Gasteiger partial charge in [-0.3, -0.25) is 4.79 Å². The zero-order valence-corrected chi connectivity index (χ0v) is 15.9. The molecule has 0 atom stereocenters. The van der Waals surface area contributed by atoms with Gasteiger partial charge in [0, 0.05) is 28.6 Å². The van der Waals surface area contributed by atoms with Crippen LogP contribution in [0.15, 0.2) is 78.9 Å². The smallest absolute Gasteiger partial charge is 0.251 e. The molecule has 0 saturated carbocycles. The van der Waals surface area contributed by atoms with Crippen molar-refractivity contribution in [2.45, 2.75) is 5.75 Å². The van der Waals surface area contributed by atoms with Crippen LogP contribution in [-0.2, 0) is 5.75 Å². The maximum absolute atomic E-state index is 12.2. The topological polar surface area (TPSA) is 29.1 Å². The van der Waals surface area contributed by atoms with Gasteiger partial charge in [-0.05, 0) is 34.9 Å². The van der Waals surface area contributed by atoms with Crippen LogP contribution < -0.4 is 5.32 Å². The van der Waals surface area contributed by atoms with Crippen molar-refractivity contribution < 1.29 is 4.79 Å². The summed E-state index contributed by atoms with van der Waals surface area (Å²) in [6.45, 7) is 0.633. The van der Waals surface area contributed by atoms with Crippen molar-refractivity contribution in [1.82, 2.24) is 5.32 Å². The van der Waals surface area contributed by atoms with E-state index in [1.807, 2.05) is 66.7 Å². The minimum Gasteiger partial charge on any atom is -0.351 e. The first-order valence-electron chi connectivity index (χ1n) is 8.49. The Labute approximate surface area is 163 Å². The van der Waals surface area contributed by atoms with Crippen molar-refractivity contribution in [3.8, 4) is 11.1 Å². The zero-order chi connectivity index (χ0) is 18.2. The van der Waals surface area contributed by atoms with E-state index in [0.29, 0.717) is 12.1 Å². The highest BCUT2D eigenvalue weighted by molar-refractivity contribution is 7.98. The molecule has 1 amide bonds. The van der Waals surface area contributed by atoms with E-state index in [4.69, 9.17) is 11.6 Å². The molecule has 0 fully saturated rings. The maximum atomic E-state index is 12.2. The highest BCUT2D eigenvalue weighted by Crippen LogP contribution is 2.21. The molecule has 3 aromatic rings. The van der Waals surface area contributed by atoms with Crippen LogP contribution in [0.3, 0.4) is 0 Å². The van der Waals surface area contributed by atoms with E-state index in [-0.39, 0.29) is 5.91 Å². The first-order chi connectivity index (χ1) is 12.7. The highest BCUT2D eigenvalue weighted by atomic mass is 35.5. The molecule has 2 nitrogen and oxygen atoms in total. The van der Waals surface area contributed by atoms with E-state index >= 15 is 0 Å². The lowest BCUT2D eigenvalue weighted by Gasteiger charge is -2.07. The molecule has 1 N–H and O–H groups in total. The minimum absolute atomic E-state index is 0.0389. The normalized spacial score (nSPS) is 10.5. The molecule has 0 heterocycles. The van der Waals surface area contributed by atoms with Gasteiger partial charge in [0.15, 0.2) is 0 Å². The third-order valence-electron chi connectivity index (χ3n) is 4.00. The van der Waals surface area contributed by atoms with E-state index in [2.05, 4.69) is 17.4 Å². The second-order valence-electron chi connectivity index (χ2n) is 5.84. The Hall–Kier alpha value is -2.23. The lowest BCUT2D eigenvalue weighted by Crippen LogP contribution is -2.25. The highest BCUT2D eigenvalue weighted by Gasteiger charge is 2.06. The van der Waals surface area contributed by atoms with Crippen molar-refractivity contribution in [1.29, 1.82) is 0 Å². The number of hydrogen-bond donors (Lipinski definition) is 1. The van der Waals surface area contributed by atoms with Gasteiger partial charge in [-0.25, -0.2) is 0 Å². The Kier molecular flexibility index (Phi) is 6.75. The van der Waals surface area contributed by atoms with Crippen LogP contribution in [0.5, 0.6) is 0 Å². The summed E-state index contributed by atoms with van der Waals surface area (Å²) in [5.74, 6) is 1.66. The first kappa shape index (κ1) is 18.6. The van der Waals surface area contributed by atoms with Crippen LogP contribution in [0.1, 0.15) is 15.9 Å². The van der Waals surface area contributed by atoms with Crippen molar-refractivity contribution in [3.63, 3.8) is 0 Å². The van der Waals surface area contributed by atoms with E-state index in [0.717, 1.165) is 33.2 Å². The number of carbonyl (C=O) groups excluding carboxylic acids is 1. The average molecular weight is 382 g/mol. The second-order valence-corrected chi connectivity index (χ2v) is 7.36. The minimum atomic E-state index is -0.0389. The van der Waals surface area contributed by atoms with Crippen molar-refractivity contribution >= 4 is 29.3 Å². The average Bonchev–Trinajstić information content (AvgIpc) is 2.70. The fourth-order valence-electron chi connectivity index (χ4n) is 2.58. The number of carbonyl (C=O) groups is 1. The number of rotatable bonds is 7. The molecule has 0 radical (unpaired) electrons. The molecule has 3 rings (SSSR count). The fraction of sp³-hybridized carbons (Fsp3) is 0.136. The lowest BCUT2D eigenvalue weighted by molar-refractivity contribution is 0.0956. The van der Waals surface area contributed by atoms with Gasteiger partial charge in [0.2, 0.25) is 0 Å². The lowest BCUT2D eigenvalue weighted by atomic mass is 10.0. The van der Waals surface area contributed by atoms with Gasteiger partial charge in [0.1, 0.15) is 0 Å². The Bertz CT molecular complexity index is 850. The molecule has 26 heavy (non-hydrogen) atoms. The molecule has 0 aliphatic heterocycles. The van der Waals surface area contributed by atoms with Crippen LogP contribution >= 0.6 is 23.4 Å². The standard InChI is InChI=1S/C22H20ClNOS/c23-21-9-5-4-8-20(21)16-26-15-14-24-22(25)19-12-10-18(11-13-19)17-6-2-1-3-7-17/h1-13H,14-16H2,(H,24,25). The van der Waals surface area contributed by atoms with Crippen LogP contribution in [0.4, 0.5) is 0 Å². The van der Waals surface area contributed by atoms with Gasteiger partial charge < -0.3 is 5.32 Å². The predicted molar refractivity (Wildman–Crippen MR) is 112 cm³/mol. The van der Waals surface area contributed by atoms with Gasteiger partial charge in [-0.15, -0.1) is 0 Å². The molecular formula is C22H20ClNOS. The summed E-state index contributed by atoms with van der Waals surface area (Å²) >= 11 is 7.90.